The van der Waals surface area contributed by atoms with Gasteiger partial charge in [-0.05, 0) is 63.2 Å². The molecular formula is C24H28N2O4S. The molecule has 1 atom stereocenters. The molecular weight excluding hydrogens is 412 g/mol. The van der Waals surface area contributed by atoms with Gasteiger partial charge in [-0.2, -0.15) is 0 Å². The molecule has 1 heterocycles. The van der Waals surface area contributed by atoms with Gasteiger partial charge in [0.2, 0.25) is 0 Å². The Morgan fingerprint density at radius 2 is 1.74 bits per heavy atom. The zero-order valence-electron chi connectivity index (χ0n) is 18.3. The normalized spacial score (nSPS) is 15.7. The van der Waals surface area contributed by atoms with Gasteiger partial charge < -0.3 is 24.8 Å². The first-order valence-corrected chi connectivity index (χ1v) is 10.7. The fourth-order valence-corrected chi connectivity index (χ4v) is 3.63. The number of hydrogen-bond acceptors (Lipinski definition) is 5. The minimum atomic E-state index is -0.446. The lowest BCUT2D eigenvalue weighted by molar-refractivity contribution is -0.139. The number of rotatable bonds is 8. The predicted molar refractivity (Wildman–Crippen MR) is 124 cm³/mol. The van der Waals surface area contributed by atoms with Crippen molar-refractivity contribution in [3.8, 4) is 11.5 Å². The van der Waals surface area contributed by atoms with Crippen molar-refractivity contribution in [3.63, 3.8) is 0 Å². The van der Waals surface area contributed by atoms with Gasteiger partial charge >= 0.3 is 5.97 Å². The first-order valence-electron chi connectivity index (χ1n) is 10.3. The summed E-state index contributed by atoms with van der Waals surface area (Å²) in [5.41, 5.74) is 4.27. The molecule has 0 radical (unpaired) electrons. The summed E-state index contributed by atoms with van der Waals surface area (Å²) in [7, 11) is 0. The molecule has 7 heteroatoms. The molecule has 0 aromatic heterocycles. The van der Waals surface area contributed by atoms with Gasteiger partial charge in [-0.3, -0.25) is 0 Å². The van der Waals surface area contributed by atoms with Crippen molar-refractivity contribution >= 4 is 23.3 Å². The number of carbonyl (C=O) groups excluding carboxylic acids is 1. The highest BCUT2D eigenvalue weighted by molar-refractivity contribution is 7.80. The van der Waals surface area contributed by atoms with Crippen LogP contribution >= 0.6 is 12.2 Å². The molecule has 3 rings (SSSR count). The summed E-state index contributed by atoms with van der Waals surface area (Å²) in [6, 6.07) is 13.4. The standard InChI is InChI=1S/C24H28N2O4S/c1-5-28-20-13-18(11-12-19(20)30-14-17-9-7-15(3)8-10-17)22-21(23(27)29-6-2)16(4)25-24(31)26-22/h7-13,22H,5-6,14H2,1-4H3,(H2,25,26,31)/t22-/m0/s1. The van der Waals surface area contributed by atoms with Crippen molar-refractivity contribution in [1.82, 2.24) is 10.6 Å². The van der Waals surface area contributed by atoms with Gasteiger partial charge in [0.1, 0.15) is 6.61 Å². The Balaban J connectivity index is 1.89. The largest absolute Gasteiger partial charge is 0.490 e. The van der Waals surface area contributed by atoms with Crippen molar-refractivity contribution in [1.29, 1.82) is 0 Å². The predicted octanol–water partition coefficient (Wildman–Crippen LogP) is 4.33. The lowest BCUT2D eigenvalue weighted by Gasteiger charge is -2.30. The van der Waals surface area contributed by atoms with E-state index in [2.05, 4.69) is 29.7 Å². The second-order valence-corrected chi connectivity index (χ2v) is 7.61. The van der Waals surface area contributed by atoms with E-state index in [0.717, 1.165) is 11.1 Å². The second kappa shape index (κ2) is 10.3. The molecule has 0 fully saturated rings. The van der Waals surface area contributed by atoms with Crippen LogP contribution in [0.2, 0.25) is 0 Å². The molecule has 0 bridgehead atoms. The number of nitrogens with one attached hydrogen (secondary N) is 2. The first-order chi connectivity index (χ1) is 14.9. The molecule has 1 aliphatic rings. The number of allylic oxidation sites excluding steroid dienone is 1. The van der Waals surface area contributed by atoms with Gasteiger partial charge in [0.25, 0.3) is 0 Å². The van der Waals surface area contributed by atoms with E-state index in [1.807, 2.05) is 44.2 Å². The highest BCUT2D eigenvalue weighted by Crippen LogP contribution is 2.35. The van der Waals surface area contributed by atoms with Crippen LogP contribution in [0.5, 0.6) is 11.5 Å². The summed E-state index contributed by atoms with van der Waals surface area (Å²) in [5.74, 6) is 0.866. The summed E-state index contributed by atoms with van der Waals surface area (Å²) in [6.45, 7) is 8.78. The van der Waals surface area contributed by atoms with Crippen LogP contribution in [0.15, 0.2) is 53.7 Å². The molecule has 2 aromatic carbocycles. The summed E-state index contributed by atoms with van der Waals surface area (Å²) in [5, 5.41) is 6.63. The van der Waals surface area contributed by atoms with Crippen molar-refractivity contribution in [2.45, 2.75) is 40.3 Å². The smallest absolute Gasteiger partial charge is 0.338 e. The zero-order valence-corrected chi connectivity index (χ0v) is 19.1. The third kappa shape index (κ3) is 5.55. The van der Waals surface area contributed by atoms with Crippen molar-refractivity contribution in [2.75, 3.05) is 13.2 Å². The molecule has 1 aliphatic heterocycles. The average Bonchev–Trinajstić information content (AvgIpc) is 2.73. The average molecular weight is 441 g/mol. The molecule has 2 N–H and O–H groups in total. The van der Waals surface area contributed by atoms with Crippen molar-refractivity contribution in [2.24, 2.45) is 0 Å². The molecule has 164 valence electrons. The van der Waals surface area contributed by atoms with E-state index in [1.54, 1.807) is 6.92 Å². The molecule has 0 aliphatic carbocycles. The van der Waals surface area contributed by atoms with Crippen LogP contribution < -0.4 is 20.1 Å². The molecule has 0 spiro atoms. The van der Waals surface area contributed by atoms with Crippen LogP contribution in [0.1, 0.15) is 43.5 Å². The summed E-state index contributed by atoms with van der Waals surface area (Å²) in [4.78, 5) is 12.6. The molecule has 2 aromatic rings. The van der Waals surface area contributed by atoms with E-state index in [-0.39, 0.29) is 5.97 Å². The second-order valence-electron chi connectivity index (χ2n) is 7.20. The maximum absolute atomic E-state index is 12.6. The van der Waals surface area contributed by atoms with Crippen molar-refractivity contribution < 1.29 is 19.0 Å². The summed E-state index contributed by atoms with van der Waals surface area (Å²) >= 11 is 5.31. The van der Waals surface area contributed by atoms with E-state index in [1.165, 1.54) is 5.56 Å². The SMILES string of the molecule is CCOC(=O)C1=C(C)NC(=S)N[C@H]1c1ccc(OCc2ccc(C)cc2)c(OCC)c1. The number of thiocarbonyl (C=S) groups is 1. The van der Waals surface area contributed by atoms with Gasteiger partial charge in [-0.25, -0.2) is 4.79 Å². The van der Waals surface area contributed by atoms with Gasteiger partial charge in [0.15, 0.2) is 16.6 Å². The zero-order chi connectivity index (χ0) is 22.4. The summed E-state index contributed by atoms with van der Waals surface area (Å²) < 4.78 is 17.1. The van der Waals surface area contributed by atoms with Gasteiger partial charge in [-0.15, -0.1) is 0 Å². The maximum atomic E-state index is 12.6. The number of ether oxygens (including phenoxy) is 3. The van der Waals surface area contributed by atoms with Crippen LogP contribution in [-0.2, 0) is 16.1 Å². The Morgan fingerprint density at radius 1 is 1.00 bits per heavy atom. The fourth-order valence-electron chi connectivity index (χ4n) is 3.36. The van der Waals surface area contributed by atoms with Crippen LogP contribution in [0, 0.1) is 6.92 Å². The van der Waals surface area contributed by atoms with E-state index in [4.69, 9.17) is 26.4 Å². The molecule has 0 saturated carbocycles. The van der Waals surface area contributed by atoms with E-state index >= 15 is 0 Å². The summed E-state index contributed by atoms with van der Waals surface area (Å²) in [6.07, 6.45) is 0. The van der Waals surface area contributed by atoms with Crippen LogP contribution in [0.3, 0.4) is 0 Å². The minimum absolute atomic E-state index is 0.294. The van der Waals surface area contributed by atoms with Gasteiger partial charge in [-0.1, -0.05) is 35.9 Å². The van der Waals surface area contributed by atoms with Crippen molar-refractivity contribution in [3.05, 3.63) is 70.4 Å². The number of carbonyl (C=O) groups is 1. The fraction of sp³-hybridized carbons (Fsp3) is 0.333. The highest BCUT2D eigenvalue weighted by Gasteiger charge is 2.31. The lowest BCUT2D eigenvalue weighted by atomic mass is 9.95. The Kier molecular flexibility index (Phi) is 7.52. The van der Waals surface area contributed by atoms with E-state index in [9.17, 15) is 4.79 Å². The van der Waals surface area contributed by atoms with Gasteiger partial charge in [0.05, 0.1) is 24.8 Å². The Morgan fingerprint density at radius 3 is 2.42 bits per heavy atom. The number of benzene rings is 2. The molecule has 6 nitrogen and oxygen atoms in total. The van der Waals surface area contributed by atoms with Crippen LogP contribution in [-0.4, -0.2) is 24.3 Å². The molecule has 0 amide bonds. The highest BCUT2D eigenvalue weighted by atomic mass is 32.1. The van der Waals surface area contributed by atoms with E-state index < -0.39 is 6.04 Å². The topological polar surface area (TPSA) is 68.8 Å². The van der Waals surface area contributed by atoms with Crippen LogP contribution in [0.4, 0.5) is 0 Å². The number of aryl methyl sites for hydroxylation is 1. The van der Waals surface area contributed by atoms with Gasteiger partial charge in [0, 0.05) is 5.70 Å². The Labute approximate surface area is 188 Å². The maximum Gasteiger partial charge on any atom is 0.338 e. The Hall–Kier alpha value is -3.06. The third-order valence-electron chi connectivity index (χ3n) is 4.88. The lowest BCUT2D eigenvalue weighted by Crippen LogP contribution is -2.45. The third-order valence-corrected chi connectivity index (χ3v) is 5.10. The van der Waals surface area contributed by atoms with E-state index in [0.29, 0.717) is 47.7 Å². The monoisotopic (exact) mass is 440 g/mol. The minimum Gasteiger partial charge on any atom is -0.490 e. The van der Waals surface area contributed by atoms with Crippen LogP contribution in [0.25, 0.3) is 0 Å². The quantitative estimate of drug-likeness (QED) is 0.468. The molecule has 31 heavy (non-hydrogen) atoms. The first kappa shape index (κ1) is 22.6. The number of hydrogen-bond donors (Lipinski definition) is 2. The Bertz CT molecular complexity index is 986. The molecule has 0 unspecified atom stereocenters. The molecule has 0 saturated heterocycles. The number of esters is 1.